The molecule has 0 saturated carbocycles. The van der Waals surface area contributed by atoms with Gasteiger partial charge in [0.1, 0.15) is 13.3 Å². The highest BCUT2D eigenvalue weighted by atomic mass is 31.2. The number of allylic oxidation sites excluding steroid dienone is 2. The van der Waals surface area contributed by atoms with E-state index in [1.807, 2.05) is 18.2 Å². The smallest absolute Gasteiger partial charge is 0.471 e. The van der Waals surface area contributed by atoms with Crippen LogP contribution in [-0.4, -0.2) is 33.2 Å². The van der Waals surface area contributed by atoms with Crippen molar-refractivity contribution in [1.29, 1.82) is 5.26 Å². The summed E-state index contributed by atoms with van der Waals surface area (Å²) >= 11 is 0. The highest BCUT2D eigenvalue weighted by molar-refractivity contribution is 7.46. The monoisotopic (exact) mass is 497 g/mol. The zero-order chi connectivity index (χ0) is 25.1. The number of phosphoric acid groups is 1. The van der Waals surface area contributed by atoms with Crippen molar-refractivity contribution < 1.29 is 28.1 Å². The Labute approximate surface area is 201 Å². The molecule has 0 spiro atoms. The number of benzene rings is 1. The van der Waals surface area contributed by atoms with Crippen LogP contribution in [0.4, 0.5) is 0 Å². The van der Waals surface area contributed by atoms with E-state index in [0.29, 0.717) is 41.5 Å². The minimum absolute atomic E-state index is 0.199. The minimum atomic E-state index is -4.51. The van der Waals surface area contributed by atoms with Crippen molar-refractivity contribution in [3.05, 3.63) is 95.2 Å². The van der Waals surface area contributed by atoms with Gasteiger partial charge in [0.25, 0.3) is 0 Å². The first-order valence-electron chi connectivity index (χ1n) is 10.4. The lowest BCUT2D eigenvalue weighted by atomic mass is 10.1. The average molecular weight is 497 g/mol. The van der Waals surface area contributed by atoms with E-state index in [1.165, 1.54) is 6.20 Å². The molecule has 2 aromatic heterocycles. The first kappa shape index (κ1) is 25.8. The van der Waals surface area contributed by atoms with Crippen LogP contribution in [0.15, 0.2) is 71.5 Å². The minimum Gasteiger partial charge on any atom is -0.473 e. The Morgan fingerprint density at radius 3 is 2.66 bits per heavy atom. The van der Waals surface area contributed by atoms with E-state index >= 15 is 0 Å². The highest BCUT2D eigenvalue weighted by Gasteiger charge is 2.12. The molecule has 12 heteroatoms. The van der Waals surface area contributed by atoms with Gasteiger partial charge >= 0.3 is 7.82 Å². The quantitative estimate of drug-likeness (QED) is 0.125. The second kappa shape index (κ2) is 12.6. The zero-order valence-corrected chi connectivity index (χ0v) is 19.5. The van der Waals surface area contributed by atoms with Gasteiger partial charge in [-0.2, -0.15) is 5.26 Å². The number of nitrogens with two attached hydrogens (primary N) is 1. The van der Waals surface area contributed by atoms with Crippen LogP contribution in [0.1, 0.15) is 28.1 Å². The van der Waals surface area contributed by atoms with Crippen LogP contribution >= 0.6 is 7.82 Å². The largest absolute Gasteiger partial charge is 0.473 e. The maximum Gasteiger partial charge on any atom is 0.471 e. The number of phosphoric ester groups is 1. The molecule has 11 nitrogen and oxygen atoms in total. The maximum absolute atomic E-state index is 10.6. The van der Waals surface area contributed by atoms with Gasteiger partial charge in [-0.05, 0) is 35.5 Å². The van der Waals surface area contributed by atoms with Crippen molar-refractivity contribution >= 4 is 13.4 Å². The summed E-state index contributed by atoms with van der Waals surface area (Å²) in [6.07, 6.45) is 6.96. The average Bonchev–Trinajstić information content (AvgIpc) is 3.31. The van der Waals surface area contributed by atoms with E-state index in [2.05, 4.69) is 26.1 Å². The van der Waals surface area contributed by atoms with E-state index in [4.69, 9.17) is 30.0 Å². The molecule has 3 aromatic rings. The number of hydrogen-bond acceptors (Lipinski definition) is 9. The summed E-state index contributed by atoms with van der Waals surface area (Å²) in [6.45, 7) is 0.205. The fraction of sp³-hybridized carbons (Fsp3) is 0.174. The van der Waals surface area contributed by atoms with Crippen LogP contribution in [0.3, 0.4) is 0 Å². The van der Waals surface area contributed by atoms with Crippen LogP contribution in [-0.2, 0) is 22.1 Å². The third kappa shape index (κ3) is 8.83. The van der Waals surface area contributed by atoms with Crippen molar-refractivity contribution in [1.82, 2.24) is 15.5 Å². The van der Waals surface area contributed by atoms with E-state index in [0.717, 1.165) is 11.1 Å². The molecule has 0 unspecified atom stereocenters. The second-order valence-electron chi connectivity index (χ2n) is 7.18. The lowest BCUT2D eigenvalue weighted by Crippen LogP contribution is -2.09. The topological polar surface area (TPSA) is 177 Å². The van der Waals surface area contributed by atoms with Crippen molar-refractivity contribution in [3.8, 4) is 11.9 Å². The molecule has 0 fully saturated rings. The Kier molecular flexibility index (Phi) is 9.31. The first-order chi connectivity index (χ1) is 16.9. The van der Waals surface area contributed by atoms with Crippen molar-refractivity contribution in [2.45, 2.75) is 13.0 Å². The number of nitrogens with zero attached hydrogens (tertiary/aromatic N) is 3. The summed E-state index contributed by atoms with van der Waals surface area (Å²) < 4.78 is 25.9. The van der Waals surface area contributed by atoms with Crippen LogP contribution in [0, 0.1) is 11.3 Å². The molecule has 0 radical (unpaired) electrons. The van der Waals surface area contributed by atoms with Crippen LogP contribution < -0.4 is 15.8 Å². The molecule has 0 amide bonds. The molecule has 0 atom stereocenters. The number of ether oxygens (including phenoxy) is 1. The third-order valence-corrected chi connectivity index (χ3v) is 5.04. The molecule has 5 N–H and O–H groups in total. The number of pyridine rings is 1. The summed E-state index contributed by atoms with van der Waals surface area (Å²) in [4.78, 5) is 21.5. The molecule has 35 heavy (non-hydrogen) atoms. The molecule has 1 aromatic carbocycles. The van der Waals surface area contributed by atoms with Crippen molar-refractivity contribution in [2.75, 3.05) is 13.3 Å². The van der Waals surface area contributed by atoms with Gasteiger partial charge in [-0.15, -0.1) is 0 Å². The molecule has 0 aliphatic carbocycles. The number of hydrogen-bond donors (Lipinski definition) is 4. The van der Waals surface area contributed by atoms with Gasteiger partial charge in [0.05, 0.1) is 17.3 Å². The fourth-order valence-electron chi connectivity index (χ4n) is 2.84. The zero-order valence-electron chi connectivity index (χ0n) is 18.6. The Morgan fingerprint density at radius 2 is 2.00 bits per heavy atom. The van der Waals surface area contributed by atoms with E-state index < -0.39 is 7.82 Å². The highest BCUT2D eigenvalue weighted by Crippen LogP contribution is 2.34. The van der Waals surface area contributed by atoms with Crippen molar-refractivity contribution in [3.63, 3.8) is 0 Å². The van der Waals surface area contributed by atoms with Gasteiger partial charge in [0.15, 0.2) is 5.76 Å². The summed E-state index contributed by atoms with van der Waals surface area (Å²) in [6, 6.07) is 14.7. The summed E-state index contributed by atoms with van der Waals surface area (Å²) in [5.41, 5.74) is 9.63. The molecular formula is C23H24N5O6P. The summed E-state index contributed by atoms with van der Waals surface area (Å²) in [5, 5.41) is 15.5. The summed E-state index contributed by atoms with van der Waals surface area (Å²) in [5.74, 6) is 0.993. The molecule has 0 aliphatic heterocycles. The van der Waals surface area contributed by atoms with E-state index in [1.54, 1.807) is 42.6 Å². The number of nitriles is 1. The first-order valence-corrected chi connectivity index (χ1v) is 11.9. The molecule has 0 bridgehead atoms. The predicted octanol–water partition coefficient (Wildman–Crippen LogP) is 2.62. The fourth-order valence-corrected chi connectivity index (χ4v) is 3.08. The van der Waals surface area contributed by atoms with Gasteiger partial charge in [0.2, 0.25) is 5.88 Å². The van der Waals surface area contributed by atoms with Crippen LogP contribution in [0.25, 0.3) is 5.57 Å². The van der Waals surface area contributed by atoms with Gasteiger partial charge in [0, 0.05) is 36.9 Å². The Balaban J connectivity index is 1.51. The number of aromatic nitrogens is 2. The third-order valence-electron chi connectivity index (χ3n) is 4.58. The molecule has 3 rings (SSSR count). The van der Waals surface area contributed by atoms with Gasteiger partial charge in [-0.1, -0.05) is 29.4 Å². The Morgan fingerprint density at radius 1 is 1.23 bits per heavy atom. The molecule has 2 heterocycles. The Hall–Kier alpha value is -3.78. The SMILES string of the molecule is N#Cc1ccc(COc2ccc(Cc3cc(/C(=C/C=C\NCOP(=O)(O)O)CN)on3)cn2)cc1. The lowest BCUT2D eigenvalue weighted by molar-refractivity contribution is 0.191. The predicted molar refractivity (Wildman–Crippen MR) is 126 cm³/mol. The van der Waals surface area contributed by atoms with Gasteiger partial charge < -0.3 is 30.1 Å². The van der Waals surface area contributed by atoms with E-state index in [-0.39, 0.29) is 13.3 Å². The number of rotatable bonds is 12. The molecule has 0 saturated heterocycles. The standard InChI is InChI=1S/C23H24N5O6P/c24-12-17-3-5-18(6-4-17)15-32-23-8-7-19(14-27-23)10-21-11-22(34-28-21)20(13-25)2-1-9-26-16-33-35(29,30)31/h1-9,11,14,26H,10,13,15-16,25H2,(H2,29,30,31)/b9-1-,20-2+. The van der Waals surface area contributed by atoms with Crippen LogP contribution in [0.2, 0.25) is 0 Å². The lowest BCUT2D eigenvalue weighted by Gasteiger charge is -2.06. The van der Waals surface area contributed by atoms with Gasteiger partial charge in [-0.3, -0.25) is 4.52 Å². The molecule has 182 valence electrons. The normalized spacial score (nSPS) is 12.0. The summed E-state index contributed by atoms with van der Waals surface area (Å²) in [7, 11) is -4.51. The maximum atomic E-state index is 10.6. The van der Waals surface area contributed by atoms with E-state index in [9.17, 15) is 4.57 Å². The number of nitrogens with one attached hydrogen (secondary N) is 1. The van der Waals surface area contributed by atoms with Crippen molar-refractivity contribution in [2.24, 2.45) is 5.73 Å². The Bertz CT molecular complexity index is 1240. The molecular weight excluding hydrogens is 473 g/mol. The molecule has 0 aliphatic rings. The second-order valence-corrected chi connectivity index (χ2v) is 8.42. The van der Waals surface area contributed by atoms with Crippen LogP contribution in [0.5, 0.6) is 5.88 Å². The van der Waals surface area contributed by atoms with Gasteiger partial charge in [-0.25, -0.2) is 9.55 Å².